The van der Waals surface area contributed by atoms with Gasteiger partial charge in [-0.25, -0.2) is 4.79 Å². The molecular formula is C18H16O2. The van der Waals surface area contributed by atoms with Crippen LogP contribution in [-0.2, 0) is 9.53 Å². The van der Waals surface area contributed by atoms with Gasteiger partial charge in [0.2, 0.25) is 0 Å². The van der Waals surface area contributed by atoms with Crippen LogP contribution in [0.2, 0.25) is 0 Å². The number of rotatable bonds is 2. The summed E-state index contributed by atoms with van der Waals surface area (Å²) in [4.78, 5) is 11.7. The molecule has 2 nitrogen and oxygen atoms in total. The van der Waals surface area contributed by atoms with Gasteiger partial charge in [0.25, 0.3) is 0 Å². The van der Waals surface area contributed by atoms with Crippen LogP contribution >= 0.6 is 0 Å². The minimum absolute atomic E-state index is 0.376. The molecule has 0 aromatic rings. The number of ether oxygens (including phenoxy) is 1. The number of carbonyl (C=O) groups is 1. The van der Waals surface area contributed by atoms with Crippen LogP contribution in [0.1, 0.15) is 6.92 Å². The topological polar surface area (TPSA) is 26.3 Å². The first-order valence-corrected chi connectivity index (χ1v) is 6.37. The Balaban J connectivity index is 2.41. The minimum atomic E-state index is -0.419. The highest BCUT2D eigenvalue weighted by Crippen LogP contribution is 2.23. The fourth-order valence-electron chi connectivity index (χ4n) is 1.73. The van der Waals surface area contributed by atoms with Gasteiger partial charge in [0, 0.05) is 11.1 Å². The Hall–Kier alpha value is -2.61. The summed E-state index contributed by atoms with van der Waals surface area (Å²) < 4.78 is 5.41. The molecule has 0 unspecified atom stereocenters. The normalized spacial score (nSPS) is 16.8. The molecule has 0 bridgehead atoms. The Morgan fingerprint density at radius 1 is 0.950 bits per heavy atom. The molecule has 0 atom stereocenters. The van der Waals surface area contributed by atoms with Crippen LogP contribution in [-0.4, -0.2) is 5.97 Å². The molecule has 100 valence electrons. The van der Waals surface area contributed by atoms with Crippen molar-refractivity contribution >= 4 is 5.97 Å². The van der Waals surface area contributed by atoms with Crippen LogP contribution in [0.4, 0.5) is 0 Å². The highest BCUT2D eigenvalue weighted by molar-refractivity contribution is 5.88. The summed E-state index contributed by atoms with van der Waals surface area (Å²) in [6.45, 7) is 5.24. The fourth-order valence-corrected chi connectivity index (χ4v) is 1.73. The van der Waals surface area contributed by atoms with E-state index in [1.807, 2.05) is 60.8 Å². The van der Waals surface area contributed by atoms with Crippen LogP contribution in [0, 0.1) is 0 Å². The van der Waals surface area contributed by atoms with E-state index in [4.69, 9.17) is 4.74 Å². The molecule has 20 heavy (non-hydrogen) atoms. The molecule has 0 N–H and O–H groups in total. The van der Waals surface area contributed by atoms with Crippen molar-refractivity contribution in [1.29, 1.82) is 0 Å². The summed E-state index contributed by atoms with van der Waals surface area (Å²) in [6, 6.07) is 0. The van der Waals surface area contributed by atoms with Gasteiger partial charge in [0.05, 0.1) is 0 Å². The van der Waals surface area contributed by atoms with E-state index in [-0.39, 0.29) is 0 Å². The van der Waals surface area contributed by atoms with Crippen molar-refractivity contribution in [2.75, 3.05) is 0 Å². The third kappa shape index (κ3) is 3.45. The lowest BCUT2D eigenvalue weighted by molar-refractivity contribution is -0.134. The lowest BCUT2D eigenvalue weighted by atomic mass is 10.0. The van der Waals surface area contributed by atoms with Crippen LogP contribution in [0.15, 0.2) is 95.9 Å². The molecule has 0 saturated carbocycles. The number of allylic oxidation sites excluding steroid dienone is 12. The van der Waals surface area contributed by atoms with Gasteiger partial charge < -0.3 is 4.74 Å². The molecule has 0 aromatic carbocycles. The van der Waals surface area contributed by atoms with E-state index in [0.29, 0.717) is 11.3 Å². The standard InChI is InChI=1S/C18H16O2/c1-14(2)18(19)20-17-13-9-5-8-12-16(17)15-10-6-3-4-7-11-15/h3-13H,1H2,2H3. The molecule has 2 aliphatic carbocycles. The number of hydrogen-bond acceptors (Lipinski definition) is 2. The third-order valence-electron chi connectivity index (χ3n) is 2.75. The number of carbonyl (C=O) groups excluding carboxylic acids is 1. The highest BCUT2D eigenvalue weighted by atomic mass is 16.5. The lowest BCUT2D eigenvalue weighted by Crippen LogP contribution is -2.06. The summed E-state index contributed by atoms with van der Waals surface area (Å²) in [7, 11) is 0. The molecular weight excluding hydrogens is 248 g/mol. The van der Waals surface area contributed by atoms with Crippen LogP contribution in [0.25, 0.3) is 0 Å². The molecule has 0 heterocycles. The first-order valence-electron chi connectivity index (χ1n) is 6.37. The van der Waals surface area contributed by atoms with Crippen molar-refractivity contribution in [2.24, 2.45) is 0 Å². The third-order valence-corrected chi connectivity index (χ3v) is 2.75. The van der Waals surface area contributed by atoms with Crippen molar-refractivity contribution < 1.29 is 9.53 Å². The van der Waals surface area contributed by atoms with Crippen LogP contribution in [0.3, 0.4) is 0 Å². The van der Waals surface area contributed by atoms with Crippen molar-refractivity contribution in [3.63, 3.8) is 0 Å². The Bertz CT molecular complexity index is 614. The van der Waals surface area contributed by atoms with Gasteiger partial charge in [0.15, 0.2) is 0 Å². The van der Waals surface area contributed by atoms with Crippen LogP contribution < -0.4 is 0 Å². The minimum Gasteiger partial charge on any atom is -0.423 e. The zero-order valence-electron chi connectivity index (χ0n) is 11.4. The van der Waals surface area contributed by atoms with Gasteiger partial charge in [0.1, 0.15) is 5.76 Å². The smallest absolute Gasteiger partial charge is 0.338 e. The average Bonchev–Trinajstić information content (AvgIpc) is 2.80. The Kier molecular flexibility index (Phi) is 4.51. The van der Waals surface area contributed by atoms with Gasteiger partial charge >= 0.3 is 5.97 Å². The van der Waals surface area contributed by atoms with Crippen molar-refractivity contribution in [1.82, 2.24) is 0 Å². The van der Waals surface area contributed by atoms with Gasteiger partial charge in [-0.2, -0.15) is 0 Å². The first-order chi connectivity index (χ1) is 9.68. The summed E-state index contributed by atoms with van der Waals surface area (Å²) in [5.41, 5.74) is 2.22. The van der Waals surface area contributed by atoms with E-state index >= 15 is 0 Å². The zero-order chi connectivity index (χ0) is 14.4. The maximum Gasteiger partial charge on any atom is 0.338 e. The number of hydrogen-bond donors (Lipinski definition) is 0. The van der Waals surface area contributed by atoms with Crippen LogP contribution in [0.5, 0.6) is 0 Å². The zero-order valence-corrected chi connectivity index (χ0v) is 11.4. The van der Waals surface area contributed by atoms with E-state index in [2.05, 4.69) is 6.58 Å². The largest absolute Gasteiger partial charge is 0.423 e. The fraction of sp³-hybridized carbons (Fsp3) is 0.0556. The summed E-state index contributed by atoms with van der Waals surface area (Å²) in [5.74, 6) is 0.104. The summed E-state index contributed by atoms with van der Waals surface area (Å²) in [6.07, 6.45) is 21.1. The Morgan fingerprint density at radius 3 is 2.20 bits per heavy atom. The van der Waals surface area contributed by atoms with Crippen molar-refractivity contribution in [3.8, 4) is 0 Å². The second kappa shape index (κ2) is 6.53. The van der Waals surface area contributed by atoms with Gasteiger partial charge in [-0.3, -0.25) is 0 Å². The van der Waals surface area contributed by atoms with E-state index < -0.39 is 5.97 Å². The molecule has 2 rings (SSSR count). The van der Waals surface area contributed by atoms with Gasteiger partial charge in [-0.15, -0.1) is 0 Å². The molecule has 0 fully saturated rings. The summed E-state index contributed by atoms with van der Waals surface area (Å²) >= 11 is 0. The Labute approximate surface area is 119 Å². The average molecular weight is 264 g/mol. The molecule has 0 amide bonds. The van der Waals surface area contributed by atoms with Gasteiger partial charge in [-0.05, 0) is 18.6 Å². The van der Waals surface area contributed by atoms with Crippen molar-refractivity contribution in [2.45, 2.75) is 6.92 Å². The second-order valence-electron chi connectivity index (χ2n) is 4.42. The van der Waals surface area contributed by atoms with E-state index in [1.54, 1.807) is 13.0 Å². The molecule has 0 aliphatic heterocycles. The Morgan fingerprint density at radius 2 is 1.55 bits per heavy atom. The number of esters is 1. The summed E-state index contributed by atoms with van der Waals surface area (Å²) in [5, 5.41) is 0. The molecule has 0 aromatic heterocycles. The predicted octanol–water partition coefficient (Wildman–Crippen LogP) is 4.09. The van der Waals surface area contributed by atoms with E-state index in [9.17, 15) is 4.79 Å². The first kappa shape index (κ1) is 13.8. The molecule has 0 radical (unpaired) electrons. The maximum absolute atomic E-state index is 11.7. The maximum atomic E-state index is 11.7. The molecule has 0 saturated heterocycles. The van der Waals surface area contributed by atoms with Gasteiger partial charge in [-0.1, -0.05) is 67.3 Å². The monoisotopic (exact) mass is 264 g/mol. The quantitative estimate of drug-likeness (QED) is 0.554. The molecule has 2 heteroatoms. The van der Waals surface area contributed by atoms with E-state index in [0.717, 1.165) is 11.1 Å². The lowest BCUT2D eigenvalue weighted by Gasteiger charge is -2.11. The SMILES string of the molecule is C=C(C)C(=O)OC1=CC=CC=CC1=C1C=CC=CC=C1. The predicted molar refractivity (Wildman–Crippen MR) is 81.7 cm³/mol. The molecule has 0 spiro atoms. The van der Waals surface area contributed by atoms with E-state index in [1.165, 1.54) is 0 Å². The second-order valence-corrected chi connectivity index (χ2v) is 4.42. The molecule has 2 aliphatic rings. The van der Waals surface area contributed by atoms with Crippen molar-refractivity contribution in [3.05, 3.63) is 95.9 Å². The highest BCUT2D eigenvalue weighted by Gasteiger charge is 2.13.